The van der Waals surface area contributed by atoms with E-state index in [1.807, 2.05) is 6.07 Å². The lowest BCUT2D eigenvalue weighted by molar-refractivity contribution is 0.601. The van der Waals surface area contributed by atoms with Crippen LogP contribution in [0.15, 0.2) is 40.3 Å². The van der Waals surface area contributed by atoms with Crippen LogP contribution in [-0.4, -0.2) is 10.8 Å². The maximum absolute atomic E-state index is 13.8. The molecule has 1 aromatic carbocycles. The monoisotopic (exact) mass is 301 g/mol. The van der Waals surface area contributed by atoms with E-state index in [1.54, 1.807) is 18.2 Å². The van der Waals surface area contributed by atoms with Crippen LogP contribution >= 0.6 is 11.8 Å². The Hall–Kier alpha value is -1.88. The van der Waals surface area contributed by atoms with Crippen LogP contribution in [0.2, 0.25) is 0 Å². The largest absolute Gasteiger partial charge is 0.384 e. The number of nitrogens with one attached hydrogen (secondary N) is 1. The molecule has 1 aliphatic carbocycles. The van der Waals surface area contributed by atoms with Gasteiger partial charge in [-0.15, -0.1) is 0 Å². The third-order valence-corrected chi connectivity index (χ3v) is 4.65. The topological polar surface area (TPSA) is 62.8 Å². The fourth-order valence-electron chi connectivity index (χ4n) is 2.52. The molecule has 0 unspecified atom stereocenters. The van der Waals surface area contributed by atoms with Crippen molar-refractivity contribution in [3.8, 4) is 0 Å². The lowest BCUT2D eigenvalue weighted by Crippen LogP contribution is -2.16. The van der Waals surface area contributed by atoms with Crippen molar-refractivity contribution < 1.29 is 4.39 Å². The minimum absolute atomic E-state index is 0.0188. The van der Waals surface area contributed by atoms with Crippen molar-refractivity contribution >= 4 is 17.6 Å². The molecule has 108 valence electrons. The molecule has 0 bridgehead atoms. The zero-order valence-electron chi connectivity index (χ0n) is 11.5. The van der Waals surface area contributed by atoms with E-state index in [-0.39, 0.29) is 11.7 Å². The molecule has 3 nitrogen and oxygen atoms in total. The van der Waals surface area contributed by atoms with E-state index in [9.17, 15) is 4.39 Å². The normalized spacial score (nSPS) is 13.8. The smallest absolute Gasteiger partial charge is 0.137 e. The summed E-state index contributed by atoms with van der Waals surface area (Å²) >= 11 is 1.24. The van der Waals surface area contributed by atoms with Crippen LogP contribution in [0.3, 0.4) is 0 Å². The molecule has 0 saturated carbocycles. The van der Waals surface area contributed by atoms with E-state index in [2.05, 4.69) is 4.98 Å². The lowest BCUT2D eigenvalue weighted by atomic mass is 9.95. The molecular formula is C16H16FN3S. The number of nitrogens with two attached hydrogens (primary N) is 1. The quantitative estimate of drug-likeness (QED) is 0.673. The van der Waals surface area contributed by atoms with Gasteiger partial charge in [0.25, 0.3) is 0 Å². The molecule has 1 aromatic heterocycles. The molecule has 0 radical (unpaired) electrons. The van der Waals surface area contributed by atoms with Gasteiger partial charge in [0.1, 0.15) is 16.7 Å². The number of aromatic nitrogens is 1. The van der Waals surface area contributed by atoms with Gasteiger partial charge in [-0.1, -0.05) is 23.9 Å². The van der Waals surface area contributed by atoms with Crippen LogP contribution in [0.4, 0.5) is 4.39 Å². The van der Waals surface area contributed by atoms with Crippen molar-refractivity contribution in [2.24, 2.45) is 5.73 Å². The van der Waals surface area contributed by atoms with Gasteiger partial charge in [0.15, 0.2) is 0 Å². The van der Waals surface area contributed by atoms with Crippen LogP contribution in [0.25, 0.3) is 0 Å². The first-order chi connectivity index (χ1) is 10.1. The Morgan fingerprint density at radius 2 is 2.00 bits per heavy atom. The maximum atomic E-state index is 13.8. The second kappa shape index (κ2) is 5.85. The number of pyridine rings is 1. The fraction of sp³-hybridized carbons (Fsp3) is 0.250. The molecule has 1 aliphatic rings. The average molecular weight is 301 g/mol. The van der Waals surface area contributed by atoms with Crippen molar-refractivity contribution in [3.05, 3.63) is 53.0 Å². The van der Waals surface area contributed by atoms with Crippen molar-refractivity contribution in [3.63, 3.8) is 0 Å². The zero-order chi connectivity index (χ0) is 14.8. The molecule has 0 saturated heterocycles. The van der Waals surface area contributed by atoms with Gasteiger partial charge in [-0.2, -0.15) is 0 Å². The van der Waals surface area contributed by atoms with Gasteiger partial charge >= 0.3 is 0 Å². The number of aryl methyl sites for hydroxylation is 2. The van der Waals surface area contributed by atoms with Crippen LogP contribution in [0.5, 0.6) is 0 Å². The van der Waals surface area contributed by atoms with Gasteiger partial charge in [-0.25, -0.2) is 9.37 Å². The number of rotatable bonds is 3. The van der Waals surface area contributed by atoms with Crippen LogP contribution in [-0.2, 0) is 12.8 Å². The Kier molecular flexibility index (Phi) is 3.92. The molecule has 0 amide bonds. The minimum atomic E-state index is -0.281. The minimum Gasteiger partial charge on any atom is -0.384 e. The molecule has 0 aliphatic heterocycles. The second-order valence-electron chi connectivity index (χ2n) is 5.10. The van der Waals surface area contributed by atoms with Gasteiger partial charge < -0.3 is 5.73 Å². The summed E-state index contributed by atoms with van der Waals surface area (Å²) in [6.07, 6.45) is 4.20. The number of benzene rings is 1. The zero-order valence-corrected chi connectivity index (χ0v) is 12.3. The number of amidine groups is 1. The van der Waals surface area contributed by atoms with Gasteiger partial charge in [-0.05, 0) is 49.4 Å². The van der Waals surface area contributed by atoms with Crippen molar-refractivity contribution in [2.45, 2.75) is 35.6 Å². The van der Waals surface area contributed by atoms with E-state index in [0.717, 1.165) is 31.4 Å². The van der Waals surface area contributed by atoms with Gasteiger partial charge in [-0.3, -0.25) is 5.41 Å². The summed E-state index contributed by atoms with van der Waals surface area (Å²) in [7, 11) is 0. The van der Waals surface area contributed by atoms with Gasteiger partial charge in [0, 0.05) is 16.2 Å². The van der Waals surface area contributed by atoms with E-state index >= 15 is 0 Å². The standard InChI is InChI=1S/C16H16FN3S/c17-12-6-2-4-8-14(12)21-16-11(15(18)19)9-10-5-1-3-7-13(10)20-16/h2,4,6,8-9H,1,3,5,7H2,(H3,18,19). The SMILES string of the molecule is N=C(N)c1cc2c(nc1Sc1ccccc1F)CCCC2. The van der Waals surface area contributed by atoms with Crippen LogP contribution < -0.4 is 5.73 Å². The predicted octanol–water partition coefficient (Wildman–Crippen LogP) is 3.53. The number of fused-ring (bicyclic) bond motifs is 1. The molecule has 3 N–H and O–H groups in total. The summed E-state index contributed by atoms with van der Waals surface area (Å²) in [5, 5.41) is 8.36. The first kappa shape index (κ1) is 14.1. The highest BCUT2D eigenvalue weighted by atomic mass is 32.2. The third-order valence-electron chi connectivity index (χ3n) is 3.60. The van der Waals surface area contributed by atoms with E-state index < -0.39 is 0 Å². The summed E-state index contributed by atoms with van der Waals surface area (Å²) in [5.74, 6) is -0.300. The van der Waals surface area contributed by atoms with Gasteiger partial charge in [0.05, 0.1) is 0 Å². The number of halogens is 1. The second-order valence-corrected chi connectivity index (χ2v) is 6.13. The number of hydrogen-bond donors (Lipinski definition) is 2. The summed E-state index contributed by atoms with van der Waals surface area (Å²) in [6.45, 7) is 0. The molecule has 1 heterocycles. The highest BCUT2D eigenvalue weighted by molar-refractivity contribution is 7.99. The number of hydrogen-bond acceptors (Lipinski definition) is 3. The highest BCUT2D eigenvalue weighted by Crippen LogP contribution is 2.33. The first-order valence-corrected chi connectivity index (χ1v) is 7.76. The van der Waals surface area contributed by atoms with Crippen molar-refractivity contribution in [1.82, 2.24) is 4.98 Å². The third kappa shape index (κ3) is 2.93. The van der Waals surface area contributed by atoms with Gasteiger partial charge in [0.2, 0.25) is 0 Å². The Morgan fingerprint density at radius 3 is 2.76 bits per heavy atom. The number of nitrogens with zero attached hydrogens (tertiary/aromatic N) is 1. The highest BCUT2D eigenvalue weighted by Gasteiger charge is 2.18. The molecule has 5 heteroatoms. The maximum Gasteiger partial charge on any atom is 0.137 e. The van der Waals surface area contributed by atoms with Crippen molar-refractivity contribution in [1.29, 1.82) is 5.41 Å². The number of nitrogen functional groups attached to an aromatic ring is 1. The summed E-state index contributed by atoms with van der Waals surface area (Å²) in [4.78, 5) is 5.15. The molecule has 0 spiro atoms. The van der Waals surface area contributed by atoms with Crippen LogP contribution in [0, 0.1) is 11.2 Å². The molecule has 21 heavy (non-hydrogen) atoms. The van der Waals surface area contributed by atoms with E-state index in [4.69, 9.17) is 11.1 Å². The van der Waals surface area contributed by atoms with Crippen molar-refractivity contribution in [2.75, 3.05) is 0 Å². The summed E-state index contributed by atoms with van der Waals surface area (Å²) in [5.41, 5.74) is 8.51. The lowest BCUT2D eigenvalue weighted by Gasteiger charge is -2.18. The molecule has 0 atom stereocenters. The Bertz CT molecular complexity index is 700. The first-order valence-electron chi connectivity index (χ1n) is 6.94. The van der Waals surface area contributed by atoms with E-state index in [0.29, 0.717) is 15.5 Å². The Balaban J connectivity index is 2.04. The molecule has 0 fully saturated rings. The Morgan fingerprint density at radius 1 is 1.24 bits per heavy atom. The fourth-order valence-corrected chi connectivity index (χ4v) is 3.47. The average Bonchev–Trinajstić information content (AvgIpc) is 2.48. The predicted molar refractivity (Wildman–Crippen MR) is 82.4 cm³/mol. The Labute approximate surface area is 127 Å². The summed E-state index contributed by atoms with van der Waals surface area (Å²) < 4.78 is 13.8. The summed E-state index contributed by atoms with van der Waals surface area (Å²) in [6, 6.07) is 8.54. The molecule has 2 aromatic rings. The molecule has 3 rings (SSSR count). The van der Waals surface area contributed by atoms with E-state index in [1.165, 1.54) is 23.4 Å². The van der Waals surface area contributed by atoms with Crippen LogP contribution in [0.1, 0.15) is 29.7 Å². The molecular weight excluding hydrogens is 285 g/mol.